The van der Waals surface area contributed by atoms with E-state index in [4.69, 9.17) is 5.73 Å². The maximum absolute atomic E-state index is 12.9. The van der Waals surface area contributed by atoms with Crippen LogP contribution in [0.15, 0.2) is 54.4 Å². The molecule has 0 aliphatic carbocycles. The van der Waals surface area contributed by atoms with Gasteiger partial charge in [-0.3, -0.25) is 19.4 Å². The molecule has 1 aliphatic heterocycles. The lowest BCUT2D eigenvalue weighted by molar-refractivity contribution is -0.137. The smallest absolute Gasteiger partial charge is 0.270 e. The Morgan fingerprint density at radius 3 is 2.67 bits per heavy atom. The van der Waals surface area contributed by atoms with Crippen molar-refractivity contribution in [3.63, 3.8) is 0 Å². The van der Waals surface area contributed by atoms with Gasteiger partial charge in [0, 0.05) is 25.5 Å². The molecule has 2 unspecified atom stereocenters. The van der Waals surface area contributed by atoms with Crippen LogP contribution in [0, 0.1) is 24.2 Å². The number of carbonyl (C=O) groups is 3. The minimum absolute atomic E-state index is 0.0576. The fraction of sp³-hybridized carbons (Fsp3) is 0.292. The van der Waals surface area contributed by atoms with Gasteiger partial charge in [0.2, 0.25) is 11.8 Å². The minimum atomic E-state index is -0.741. The molecule has 2 heterocycles. The molecule has 9 nitrogen and oxygen atoms in total. The van der Waals surface area contributed by atoms with E-state index in [1.54, 1.807) is 30.5 Å². The van der Waals surface area contributed by atoms with Crippen LogP contribution in [0.1, 0.15) is 17.7 Å². The molecule has 2 atom stereocenters. The second-order valence-corrected chi connectivity index (χ2v) is 7.94. The van der Waals surface area contributed by atoms with Crippen molar-refractivity contribution in [3.05, 3.63) is 65.6 Å². The van der Waals surface area contributed by atoms with Crippen LogP contribution in [0.3, 0.4) is 0 Å². The number of para-hydroxylation sites is 1. The number of likely N-dealkylation sites (N-methyl/N-ethyl adjacent to an activating group) is 1. The highest BCUT2D eigenvalue weighted by molar-refractivity contribution is 5.98. The van der Waals surface area contributed by atoms with E-state index in [9.17, 15) is 19.6 Å². The Balaban J connectivity index is 1.62. The third-order valence-electron chi connectivity index (χ3n) is 5.50. The standard InChI is InChI=1S/C24H26N6O3/c1-16-7-3-4-9-21(16)28-23(32)17-11-19(13-25)30(14-17)22(31)15-29(2)24(33)20(26)12-18-8-5-6-10-27-18/h3-10,12,17,19H,11,14-15,26H2,1-2H3,(H,28,32). The molecule has 1 aliphatic rings. The molecule has 0 bridgehead atoms. The normalized spacial score (nSPS) is 17.8. The molecule has 1 aromatic heterocycles. The Morgan fingerprint density at radius 1 is 1.27 bits per heavy atom. The Labute approximate surface area is 192 Å². The van der Waals surface area contributed by atoms with E-state index < -0.39 is 23.8 Å². The van der Waals surface area contributed by atoms with E-state index in [-0.39, 0.29) is 31.1 Å². The first kappa shape index (κ1) is 23.5. The van der Waals surface area contributed by atoms with Crippen molar-refractivity contribution in [3.8, 4) is 6.07 Å². The van der Waals surface area contributed by atoms with Gasteiger partial charge in [0.25, 0.3) is 5.91 Å². The quantitative estimate of drug-likeness (QED) is 0.647. The van der Waals surface area contributed by atoms with E-state index in [2.05, 4.69) is 16.4 Å². The van der Waals surface area contributed by atoms with Gasteiger partial charge in [0.1, 0.15) is 6.04 Å². The van der Waals surface area contributed by atoms with Crippen LogP contribution in [0.4, 0.5) is 5.69 Å². The van der Waals surface area contributed by atoms with Crippen LogP contribution in [-0.2, 0) is 14.4 Å². The highest BCUT2D eigenvalue weighted by Gasteiger charge is 2.39. The van der Waals surface area contributed by atoms with Gasteiger partial charge in [-0.2, -0.15) is 5.26 Å². The Morgan fingerprint density at radius 2 is 2.00 bits per heavy atom. The van der Waals surface area contributed by atoms with Crippen LogP contribution in [0.25, 0.3) is 6.08 Å². The van der Waals surface area contributed by atoms with Gasteiger partial charge in [0.15, 0.2) is 0 Å². The number of nitriles is 1. The van der Waals surface area contributed by atoms with Crippen LogP contribution >= 0.6 is 0 Å². The number of aryl methyl sites for hydroxylation is 1. The molecular weight excluding hydrogens is 420 g/mol. The first-order chi connectivity index (χ1) is 15.8. The van der Waals surface area contributed by atoms with E-state index in [1.165, 1.54) is 22.9 Å². The zero-order valence-corrected chi connectivity index (χ0v) is 18.6. The third kappa shape index (κ3) is 5.74. The topological polar surface area (TPSA) is 132 Å². The molecule has 3 rings (SSSR count). The van der Waals surface area contributed by atoms with Crippen LogP contribution < -0.4 is 11.1 Å². The number of likely N-dealkylation sites (tertiary alicyclic amines) is 1. The van der Waals surface area contributed by atoms with Gasteiger partial charge in [-0.15, -0.1) is 0 Å². The fourth-order valence-corrected chi connectivity index (χ4v) is 3.64. The number of rotatable bonds is 6. The largest absolute Gasteiger partial charge is 0.394 e. The molecule has 170 valence electrons. The summed E-state index contributed by atoms with van der Waals surface area (Å²) in [5, 5.41) is 12.4. The van der Waals surface area contributed by atoms with Crippen molar-refractivity contribution in [2.24, 2.45) is 11.7 Å². The molecule has 1 aromatic carbocycles. The summed E-state index contributed by atoms with van der Waals surface area (Å²) in [7, 11) is 1.46. The van der Waals surface area contributed by atoms with Gasteiger partial charge in [-0.1, -0.05) is 24.3 Å². The molecular formula is C24H26N6O3. The summed E-state index contributed by atoms with van der Waals surface area (Å²) in [6.07, 6.45) is 3.25. The van der Waals surface area contributed by atoms with Gasteiger partial charge in [0.05, 0.1) is 29.9 Å². The first-order valence-electron chi connectivity index (χ1n) is 10.5. The highest BCUT2D eigenvalue weighted by atomic mass is 16.2. The van der Waals surface area contributed by atoms with Crippen molar-refractivity contribution >= 4 is 29.5 Å². The summed E-state index contributed by atoms with van der Waals surface area (Å²) >= 11 is 0. The molecule has 33 heavy (non-hydrogen) atoms. The average Bonchev–Trinajstić information content (AvgIpc) is 3.25. The van der Waals surface area contributed by atoms with Crippen LogP contribution in [0.5, 0.6) is 0 Å². The lowest BCUT2D eigenvalue weighted by Crippen LogP contribution is -2.44. The zero-order chi connectivity index (χ0) is 24.0. The van der Waals surface area contributed by atoms with E-state index in [0.29, 0.717) is 11.4 Å². The number of benzene rings is 1. The molecule has 0 saturated carbocycles. The number of pyridine rings is 1. The first-order valence-corrected chi connectivity index (χ1v) is 10.5. The predicted molar refractivity (Wildman–Crippen MR) is 123 cm³/mol. The van der Waals surface area contributed by atoms with E-state index in [1.807, 2.05) is 25.1 Å². The number of aromatic nitrogens is 1. The molecule has 2 aromatic rings. The number of nitrogens with one attached hydrogen (secondary N) is 1. The van der Waals surface area contributed by atoms with Crippen molar-refractivity contribution < 1.29 is 14.4 Å². The maximum Gasteiger partial charge on any atom is 0.270 e. The molecule has 0 spiro atoms. The van der Waals surface area contributed by atoms with Gasteiger partial charge < -0.3 is 20.9 Å². The SMILES string of the molecule is Cc1ccccc1NC(=O)C1CC(C#N)N(C(=O)CN(C)C(=O)C(N)=Cc2ccccn2)C1. The third-order valence-corrected chi connectivity index (χ3v) is 5.50. The second-order valence-electron chi connectivity index (χ2n) is 7.94. The highest BCUT2D eigenvalue weighted by Crippen LogP contribution is 2.25. The van der Waals surface area contributed by atoms with Gasteiger partial charge >= 0.3 is 0 Å². The molecule has 1 fully saturated rings. The summed E-state index contributed by atoms with van der Waals surface area (Å²) in [4.78, 5) is 44.8. The maximum atomic E-state index is 12.9. The van der Waals surface area contributed by atoms with Crippen LogP contribution in [-0.4, -0.2) is 58.7 Å². The number of nitrogens with two attached hydrogens (primary N) is 1. The predicted octanol–water partition coefficient (Wildman–Crippen LogP) is 1.53. The lowest BCUT2D eigenvalue weighted by Gasteiger charge is -2.24. The Hall–Kier alpha value is -4.19. The number of amides is 3. The summed E-state index contributed by atoms with van der Waals surface area (Å²) in [5.74, 6) is -1.72. The molecule has 3 N–H and O–H groups in total. The minimum Gasteiger partial charge on any atom is -0.394 e. The summed E-state index contributed by atoms with van der Waals surface area (Å²) in [5.41, 5.74) is 7.96. The van der Waals surface area contributed by atoms with E-state index >= 15 is 0 Å². The Kier molecular flexibility index (Phi) is 7.41. The van der Waals surface area contributed by atoms with Crippen molar-refractivity contribution in [2.45, 2.75) is 19.4 Å². The number of anilines is 1. The van der Waals surface area contributed by atoms with Crippen molar-refractivity contribution in [1.82, 2.24) is 14.8 Å². The zero-order valence-electron chi connectivity index (χ0n) is 18.6. The van der Waals surface area contributed by atoms with Crippen molar-refractivity contribution in [1.29, 1.82) is 5.26 Å². The number of hydrogen-bond acceptors (Lipinski definition) is 6. The molecule has 1 saturated heterocycles. The van der Waals surface area contributed by atoms with E-state index in [0.717, 1.165) is 5.56 Å². The number of hydrogen-bond donors (Lipinski definition) is 2. The van der Waals surface area contributed by atoms with Gasteiger partial charge in [-0.25, -0.2) is 0 Å². The summed E-state index contributed by atoms with van der Waals surface area (Å²) in [6, 6.07) is 14.0. The monoisotopic (exact) mass is 446 g/mol. The molecule has 0 radical (unpaired) electrons. The molecule has 9 heteroatoms. The fourth-order valence-electron chi connectivity index (χ4n) is 3.64. The average molecular weight is 447 g/mol. The molecule has 3 amide bonds. The number of nitrogens with zero attached hydrogens (tertiary/aromatic N) is 4. The second kappa shape index (κ2) is 10.4. The van der Waals surface area contributed by atoms with Crippen LogP contribution in [0.2, 0.25) is 0 Å². The lowest BCUT2D eigenvalue weighted by atomic mass is 10.0. The summed E-state index contributed by atoms with van der Waals surface area (Å²) in [6.45, 7) is 1.73. The number of carbonyl (C=O) groups excluding carboxylic acids is 3. The Bertz CT molecular complexity index is 1110. The summed E-state index contributed by atoms with van der Waals surface area (Å²) < 4.78 is 0. The van der Waals surface area contributed by atoms with Crippen molar-refractivity contribution in [2.75, 3.05) is 25.5 Å². The van der Waals surface area contributed by atoms with Gasteiger partial charge in [-0.05, 0) is 43.2 Å².